The lowest BCUT2D eigenvalue weighted by molar-refractivity contribution is -0.118. The van der Waals surface area contributed by atoms with Gasteiger partial charge in [0, 0.05) is 6.54 Å². The molecule has 0 saturated heterocycles. The van der Waals surface area contributed by atoms with E-state index in [1.165, 1.54) is 0 Å². The van der Waals surface area contributed by atoms with Crippen molar-refractivity contribution in [2.45, 2.75) is 32.4 Å². The van der Waals surface area contributed by atoms with Crippen molar-refractivity contribution in [3.63, 3.8) is 0 Å². The molecule has 0 fully saturated rings. The fourth-order valence-electron chi connectivity index (χ4n) is 0.755. The minimum absolute atomic E-state index is 0.142. The zero-order valence-corrected chi connectivity index (χ0v) is 9.49. The van der Waals surface area contributed by atoms with Crippen LogP contribution < -0.4 is 5.32 Å². The van der Waals surface area contributed by atoms with Crippen LogP contribution in [0.15, 0.2) is 12.2 Å². The van der Waals surface area contributed by atoms with Crippen LogP contribution >= 0.6 is 11.8 Å². The third kappa shape index (κ3) is 9.47. The Labute approximate surface area is 85.2 Å². The Morgan fingerprint density at radius 1 is 1.54 bits per heavy atom. The normalized spacial score (nSPS) is 11.1. The fraction of sp³-hybridized carbons (Fsp3) is 0.700. The topological polar surface area (TPSA) is 29.1 Å². The van der Waals surface area contributed by atoms with E-state index in [-0.39, 0.29) is 5.91 Å². The van der Waals surface area contributed by atoms with Crippen LogP contribution in [0.25, 0.3) is 0 Å². The second-order valence-electron chi connectivity index (χ2n) is 3.07. The molecule has 0 aliphatic rings. The minimum Gasteiger partial charge on any atom is -0.355 e. The average molecular weight is 201 g/mol. The molecule has 0 atom stereocenters. The molecule has 0 aromatic rings. The molecule has 76 valence electrons. The van der Waals surface area contributed by atoms with Crippen LogP contribution in [0.2, 0.25) is 0 Å². The smallest absolute Gasteiger partial charge is 0.230 e. The Hall–Kier alpha value is -0.440. The van der Waals surface area contributed by atoms with Crippen molar-refractivity contribution in [3.05, 3.63) is 12.2 Å². The lowest BCUT2D eigenvalue weighted by Gasteiger charge is -2.05. The zero-order chi connectivity index (χ0) is 10.1. The van der Waals surface area contributed by atoms with Crippen molar-refractivity contribution in [2.75, 3.05) is 12.3 Å². The van der Waals surface area contributed by atoms with Crippen molar-refractivity contribution in [2.24, 2.45) is 0 Å². The summed E-state index contributed by atoms with van der Waals surface area (Å²) in [4.78, 5) is 11.2. The van der Waals surface area contributed by atoms with Gasteiger partial charge in [-0.3, -0.25) is 4.79 Å². The van der Waals surface area contributed by atoms with E-state index in [9.17, 15) is 4.79 Å². The summed E-state index contributed by atoms with van der Waals surface area (Å²) in [6, 6.07) is 0. The third-order valence-corrected chi connectivity index (χ3v) is 2.51. The van der Waals surface area contributed by atoms with Gasteiger partial charge in [0.1, 0.15) is 0 Å². The van der Waals surface area contributed by atoms with Gasteiger partial charge in [0.2, 0.25) is 5.91 Å². The van der Waals surface area contributed by atoms with E-state index in [0.717, 1.165) is 13.0 Å². The molecule has 13 heavy (non-hydrogen) atoms. The maximum Gasteiger partial charge on any atom is 0.230 e. The third-order valence-electron chi connectivity index (χ3n) is 1.42. The molecule has 0 aliphatic carbocycles. The Balaban J connectivity index is 3.30. The lowest BCUT2D eigenvalue weighted by atomic mass is 10.4. The largest absolute Gasteiger partial charge is 0.355 e. The van der Waals surface area contributed by atoms with Crippen LogP contribution in [-0.4, -0.2) is 23.5 Å². The molecule has 0 heterocycles. The second kappa shape index (κ2) is 8.17. The summed E-state index contributed by atoms with van der Waals surface area (Å²) in [5.74, 6) is 0.719. The molecular weight excluding hydrogens is 182 g/mol. The highest BCUT2D eigenvalue weighted by Gasteiger charge is 2.01. The molecule has 0 saturated carbocycles. The van der Waals surface area contributed by atoms with Crippen LogP contribution in [0, 0.1) is 0 Å². The van der Waals surface area contributed by atoms with Crippen LogP contribution in [-0.2, 0) is 4.79 Å². The average Bonchev–Trinajstić information content (AvgIpc) is 2.09. The summed E-state index contributed by atoms with van der Waals surface area (Å²) in [5.41, 5.74) is 0. The maximum absolute atomic E-state index is 11.2. The lowest BCUT2D eigenvalue weighted by Crippen LogP contribution is -2.26. The quantitative estimate of drug-likeness (QED) is 0.527. The van der Waals surface area contributed by atoms with Crippen LogP contribution in [0.4, 0.5) is 0 Å². The maximum atomic E-state index is 11.2. The van der Waals surface area contributed by atoms with Gasteiger partial charge in [0.05, 0.1) is 5.75 Å². The molecule has 2 nitrogen and oxygen atoms in total. The van der Waals surface area contributed by atoms with E-state index in [4.69, 9.17) is 0 Å². The Morgan fingerprint density at radius 2 is 2.23 bits per heavy atom. The van der Waals surface area contributed by atoms with Crippen molar-refractivity contribution in [1.82, 2.24) is 5.32 Å². The van der Waals surface area contributed by atoms with E-state index >= 15 is 0 Å². The highest BCUT2D eigenvalue weighted by molar-refractivity contribution is 8.00. The Kier molecular flexibility index (Phi) is 7.90. The molecule has 1 N–H and O–H groups in total. The summed E-state index contributed by atoms with van der Waals surface area (Å²) in [6.07, 6.45) is 4.97. The molecular formula is C10H19NOS. The second-order valence-corrected chi connectivity index (χ2v) is 4.63. The number of carbonyl (C=O) groups is 1. The molecule has 0 rings (SSSR count). The number of amides is 1. The van der Waals surface area contributed by atoms with Crippen LogP contribution in [0.1, 0.15) is 27.2 Å². The molecule has 0 aliphatic heterocycles. The standard InChI is InChI=1S/C10H19NOS/c1-4-5-6-7-11-10(12)8-13-9(2)3/h4-5,9H,6-8H2,1-3H3,(H,11,12)/b5-4+. The number of rotatable bonds is 6. The minimum atomic E-state index is 0.142. The molecule has 0 bridgehead atoms. The molecule has 0 aromatic carbocycles. The predicted octanol–water partition coefficient (Wildman–Crippen LogP) is 2.21. The SMILES string of the molecule is C/C=C/CCNC(=O)CSC(C)C. The summed E-state index contributed by atoms with van der Waals surface area (Å²) in [6.45, 7) is 6.92. The van der Waals surface area contributed by atoms with Gasteiger partial charge in [0.25, 0.3) is 0 Å². The van der Waals surface area contributed by atoms with Crippen molar-refractivity contribution in [1.29, 1.82) is 0 Å². The first-order chi connectivity index (χ1) is 6.16. The summed E-state index contributed by atoms with van der Waals surface area (Å²) in [5, 5.41) is 3.39. The van der Waals surface area contributed by atoms with Gasteiger partial charge in [-0.2, -0.15) is 0 Å². The zero-order valence-electron chi connectivity index (χ0n) is 8.67. The van der Waals surface area contributed by atoms with Crippen LogP contribution in [0.3, 0.4) is 0 Å². The molecule has 3 heteroatoms. The number of hydrogen-bond donors (Lipinski definition) is 1. The van der Waals surface area contributed by atoms with E-state index < -0.39 is 0 Å². The van der Waals surface area contributed by atoms with Gasteiger partial charge in [-0.25, -0.2) is 0 Å². The summed E-state index contributed by atoms with van der Waals surface area (Å²) >= 11 is 1.67. The number of thioether (sulfide) groups is 1. The number of hydrogen-bond acceptors (Lipinski definition) is 2. The molecule has 0 aromatic heterocycles. The molecule has 0 spiro atoms. The molecule has 0 radical (unpaired) electrons. The van der Waals surface area contributed by atoms with Gasteiger partial charge in [-0.1, -0.05) is 26.0 Å². The number of carbonyl (C=O) groups excluding carboxylic acids is 1. The highest BCUT2D eigenvalue weighted by Crippen LogP contribution is 2.07. The molecule has 0 unspecified atom stereocenters. The van der Waals surface area contributed by atoms with E-state index in [0.29, 0.717) is 11.0 Å². The number of allylic oxidation sites excluding steroid dienone is 1. The van der Waals surface area contributed by atoms with Crippen molar-refractivity contribution in [3.8, 4) is 0 Å². The van der Waals surface area contributed by atoms with Crippen molar-refractivity contribution < 1.29 is 4.79 Å². The first kappa shape index (κ1) is 12.6. The first-order valence-corrected chi connectivity index (χ1v) is 5.71. The van der Waals surface area contributed by atoms with E-state index in [2.05, 4.69) is 25.2 Å². The fourth-order valence-corrected chi connectivity index (χ4v) is 1.34. The highest BCUT2D eigenvalue weighted by atomic mass is 32.2. The summed E-state index contributed by atoms with van der Waals surface area (Å²) in [7, 11) is 0. The van der Waals surface area contributed by atoms with Gasteiger partial charge in [0.15, 0.2) is 0 Å². The number of nitrogens with one attached hydrogen (secondary N) is 1. The monoisotopic (exact) mass is 201 g/mol. The van der Waals surface area contributed by atoms with E-state index in [1.807, 2.05) is 13.0 Å². The first-order valence-electron chi connectivity index (χ1n) is 4.66. The molecule has 1 amide bonds. The predicted molar refractivity (Wildman–Crippen MR) is 60.0 cm³/mol. The Morgan fingerprint density at radius 3 is 2.77 bits per heavy atom. The Bertz CT molecular complexity index is 166. The van der Waals surface area contributed by atoms with Gasteiger partial charge >= 0.3 is 0 Å². The van der Waals surface area contributed by atoms with E-state index in [1.54, 1.807) is 11.8 Å². The van der Waals surface area contributed by atoms with Crippen molar-refractivity contribution >= 4 is 17.7 Å². The van der Waals surface area contributed by atoms with Gasteiger partial charge < -0.3 is 5.32 Å². The van der Waals surface area contributed by atoms with Crippen LogP contribution in [0.5, 0.6) is 0 Å². The van der Waals surface area contributed by atoms with Gasteiger partial charge in [-0.05, 0) is 18.6 Å². The summed E-state index contributed by atoms with van der Waals surface area (Å²) < 4.78 is 0. The van der Waals surface area contributed by atoms with Gasteiger partial charge in [-0.15, -0.1) is 11.8 Å².